The van der Waals surface area contributed by atoms with Crippen molar-refractivity contribution in [2.75, 3.05) is 6.54 Å². The predicted molar refractivity (Wildman–Crippen MR) is 74.2 cm³/mol. The van der Waals surface area contributed by atoms with Gasteiger partial charge < -0.3 is 0 Å². The molecule has 5 nitrogen and oxygen atoms in total. The van der Waals surface area contributed by atoms with Crippen LogP contribution in [-0.4, -0.2) is 28.4 Å². The molecule has 3 N–H and O–H groups in total. The zero-order chi connectivity index (χ0) is 13.8. The molecule has 0 aliphatic heterocycles. The molecule has 1 amide bonds. The number of pyridine rings is 1. The number of rotatable bonds is 6. The average Bonchev–Trinajstić information content (AvgIpc) is 3.21. The lowest BCUT2D eigenvalue weighted by molar-refractivity contribution is 0.0953. The van der Waals surface area contributed by atoms with E-state index in [0.717, 1.165) is 24.8 Å². The number of aromatic nitrogens is 1. The van der Waals surface area contributed by atoms with Crippen molar-refractivity contribution >= 4 is 5.91 Å². The lowest BCUT2D eigenvalue weighted by atomic mass is 10.2. The molecule has 2 rings (SSSR count). The number of hydrogen-bond acceptors (Lipinski definition) is 4. The highest BCUT2D eigenvalue weighted by Crippen LogP contribution is 2.28. The second-order valence-corrected chi connectivity index (χ2v) is 5.57. The Labute approximate surface area is 114 Å². The van der Waals surface area contributed by atoms with Gasteiger partial charge in [0.25, 0.3) is 5.91 Å². The fourth-order valence-electron chi connectivity index (χ4n) is 2.20. The van der Waals surface area contributed by atoms with Gasteiger partial charge in [-0.25, -0.2) is 5.84 Å². The molecule has 1 aliphatic carbocycles. The van der Waals surface area contributed by atoms with Gasteiger partial charge in [0.15, 0.2) is 0 Å². The number of hydrogen-bond donors (Lipinski definition) is 2. The Kier molecular flexibility index (Phi) is 4.50. The highest BCUT2D eigenvalue weighted by molar-refractivity contribution is 5.93. The summed E-state index contributed by atoms with van der Waals surface area (Å²) in [6.07, 6.45) is 4.17. The van der Waals surface area contributed by atoms with Gasteiger partial charge in [-0.1, -0.05) is 13.8 Å². The Bertz CT molecular complexity index is 426. The summed E-state index contributed by atoms with van der Waals surface area (Å²) in [4.78, 5) is 18.2. The van der Waals surface area contributed by atoms with E-state index < -0.39 is 0 Å². The third-order valence-electron chi connectivity index (χ3n) is 3.25. The summed E-state index contributed by atoms with van der Waals surface area (Å²) in [5, 5.41) is 0. The van der Waals surface area contributed by atoms with Crippen molar-refractivity contribution in [2.45, 2.75) is 39.3 Å². The van der Waals surface area contributed by atoms with Crippen LogP contribution in [0.3, 0.4) is 0 Å². The number of nitrogens with two attached hydrogens (primary N) is 1. The lowest BCUT2D eigenvalue weighted by Crippen LogP contribution is -2.31. The Balaban J connectivity index is 1.99. The fourth-order valence-corrected chi connectivity index (χ4v) is 2.20. The van der Waals surface area contributed by atoms with Crippen molar-refractivity contribution in [3.63, 3.8) is 0 Å². The van der Waals surface area contributed by atoms with E-state index in [-0.39, 0.29) is 5.91 Å². The summed E-state index contributed by atoms with van der Waals surface area (Å²) in [6, 6.07) is 4.39. The SMILES string of the molecule is CC(C)CN(Cc1ccc(C(=O)NN)cn1)C1CC1. The maximum Gasteiger partial charge on any atom is 0.266 e. The average molecular weight is 262 g/mol. The van der Waals surface area contributed by atoms with Crippen LogP contribution >= 0.6 is 0 Å². The molecular formula is C14H22N4O. The van der Waals surface area contributed by atoms with E-state index in [9.17, 15) is 4.79 Å². The highest BCUT2D eigenvalue weighted by Gasteiger charge is 2.29. The molecule has 1 heterocycles. The summed E-state index contributed by atoms with van der Waals surface area (Å²) in [6.45, 7) is 6.42. The number of nitrogens with one attached hydrogen (secondary N) is 1. The van der Waals surface area contributed by atoms with Gasteiger partial charge in [-0.2, -0.15) is 0 Å². The summed E-state index contributed by atoms with van der Waals surface area (Å²) in [7, 11) is 0. The minimum atomic E-state index is -0.305. The number of amides is 1. The Morgan fingerprint density at radius 3 is 2.74 bits per heavy atom. The second-order valence-electron chi connectivity index (χ2n) is 5.57. The van der Waals surface area contributed by atoms with Gasteiger partial charge in [0.2, 0.25) is 0 Å². The molecule has 5 heteroatoms. The molecule has 0 saturated heterocycles. The molecule has 19 heavy (non-hydrogen) atoms. The summed E-state index contributed by atoms with van der Waals surface area (Å²) < 4.78 is 0. The van der Waals surface area contributed by atoms with Crippen LogP contribution in [0.4, 0.5) is 0 Å². The molecule has 1 aromatic rings. The number of carbonyl (C=O) groups is 1. The molecule has 1 aromatic heterocycles. The molecule has 0 atom stereocenters. The number of carbonyl (C=O) groups excluding carboxylic acids is 1. The molecule has 1 fully saturated rings. The molecule has 0 aromatic carbocycles. The van der Waals surface area contributed by atoms with E-state index in [2.05, 4.69) is 29.2 Å². The minimum absolute atomic E-state index is 0.305. The molecule has 1 aliphatic rings. The van der Waals surface area contributed by atoms with E-state index in [4.69, 9.17) is 5.84 Å². The first-order valence-corrected chi connectivity index (χ1v) is 6.80. The van der Waals surface area contributed by atoms with Crippen LogP contribution in [0.25, 0.3) is 0 Å². The first kappa shape index (κ1) is 14.0. The first-order chi connectivity index (χ1) is 9.10. The fraction of sp³-hybridized carbons (Fsp3) is 0.571. The summed E-state index contributed by atoms with van der Waals surface area (Å²) in [5.74, 6) is 5.44. The van der Waals surface area contributed by atoms with Crippen LogP contribution in [0.5, 0.6) is 0 Å². The Morgan fingerprint density at radius 2 is 2.26 bits per heavy atom. The van der Waals surface area contributed by atoms with Gasteiger partial charge in [0, 0.05) is 25.3 Å². The summed E-state index contributed by atoms with van der Waals surface area (Å²) in [5.41, 5.74) is 3.60. The molecule has 104 valence electrons. The van der Waals surface area contributed by atoms with Crippen LogP contribution in [0, 0.1) is 5.92 Å². The third kappa shape index (κ3) is 4.01. The van der Waals surface area contributed by atoms with E-state index in [0.29, 0.717) is 11.5 Å². The number of nitrogen functional groups attached to an aromatic ring is 1. The van der Waals surface area contributed by atoms with E-state index in [1.165, 1.54) is 12.8 Å². The minimum Gasteiger partial charge on any atom is -0.294 e. The molecule has 0 spiro atoms. The van der Waals surface area contributed by atoms with E-state index in [1.54, 1.807) is 12.3 Å². The molecule has 0 radical (unpaired) electrons. The van der Waals surface area contributed by atoms with E-state index >= 15 is 0 Å². The van der Waals surface area contributed by atoms with Gasteiger partial charge in [0.1, 0.15) is 0 Å². The first-order valence-electron chi connectivity index (χ1n) is 6.80. The molecule has 1 saturated carbocycles. The quantitative estimate of drug-likeness (QED) is 0.460. The number of nitrogens with zero attached hydrogens (tertiary/aromatic N) is 2. The smallest absolute Gasteiger partial charge is 0.266 e. The highest BCUT2D eigenvalue weighted by atomic mass is 16.2. The Hall–Kier alpha value is -1.46. The van der Waals surface area contributed by atoms with Gasteiger partial charge in [-0.3, -0.25) is 20.1 Å². The second kappa shape index (κ2) is 6.12. The summed E-state index contributed by atoms with van der Waals surface area (Å²) >= 11 is 0. The topological polar surface area (TPSA) is 71.2 Å². The van der Waals surface area contributed by atoms with Gasteiger partial charge in [-0.15, -0.1) is 0 Å². The number of hydrazine groups is 1. The lowest BCUT2D eigenvalue weighted by Gasteiger charge is -2.23. The maximum atomic E-state index is 11.3. The van der Waals surface area contributed by atoms with Crippen LogP contribution in [-0.2, 0) is 6.54 Å². The maximum absolute atomic E-state index is 11.3. The zero-order valence-corrected chi connectivity index (χ0v) is 11.6. The molecular weight excluding hydrogens is 240 g/mol. The Morgan fingerprint density at radius 1 is 1.53 bits per heavy atom. The van der Waals surface area contributed by atoms with Crippen LogP contribution in [0.2, 0.25) is 0 Å². The largest absolute Gasteiger partial charge is 0.294 e. The van der Waals surface area contributed by atoms with Crippen molar-refractivity contribution in [2.24, 2.45) is 11.8 Å². The zero-order valence-electron chi connectivity index (χ0n) is 11.6. The predicted octanol–water partition coefficient (Wildman–Crippen LogP) is 1.31. The third-order valence-corrected chi connectivity index (χ3v) is 3.25. The normalized spacial score (nSPS) is 15.0. The van der Waals surface area contributed by atoms with Crippen LogP contribution < -0.4 is 11.3 Å². The van der Waals surface area contributed by atoms with Crippen LogP contribution in [0.1, 0.15) is 42.7 Å². The molecule has 0 unspecified atom stereocenters. The van der Waals surface area contributed by atoms with Crippen molar-refractivity contribution < 1.29 is 4.79 Å². The standard InChI is InChI=1S/C14H22N4O/c1-10(2)8-18(13-5-6-13)9-12-4-3-11(7-16-12)14(19)17-15/h3-4,7,10,13H,5-6,8-9,15H2,1-2H3,(H,17,19). The van der Waals surface area contributed by atoms with Crippen molar-refractivity contribution in [1.82, 2.24) is 15.3 Å². The monoisotopic (exact) mass is 262 g/mol. The van der Waals surface area contributed by atoms with Crippen LogP contribution in [0.15, 0.2) is 18.3 Å². The van der Waals surface area contributed by atoms with Crippen molar-refractivity contribution in [3.05, 3.63) is 29.6 Å². The molecule has 0 bridgehead atoms. The van der Waals surface area contributed by atoms with Gasteiger partial charge >= 0.3 is 0 Å². The van der Waals surface area contributed by atoms with Crippen molar-refractivity contribution in [3.8, 4) is 0 Å². The van der Waals surface area contributed by atoms with Crippen molar-refractivity contribution in [1.29, 1.82) is 0 Å². The van der Waals surface area contributed by atoms with Gasteiger partial charge in [0.05, 0.1) is 11.3 Å². The van der Waals surface area contributed by atoms with E-state index in [1.807, 2.05) is 6.07 Å². The van der Waals surface area contributed by atoms with Gasteiger partial charge in [-0.05, 0) is 30.9 Å².